The van der Waals surface area contributed by atoms with Gasteiger partial charge in [0.2, 0.25) is 0 Å². The third kappa shape index (κ3) is 5.48. The van der Waals surface area contributed by atoms with E-state index in [0.29, 0.717) is 0 Å². The Morgan fingerprint density at radius 1 is 0.345 bits per heavy atom. The van der Waals surface area contributed by atoms with Crippen LogP contribution in [0, 0.1) is 0 Å². The van der Waals surface area contributed by atoms with E-state index in [2.05, 4.69) is 199 Å². The number of thiophene rings is 1. The Morgan fingerprint density at radius 3 is 1.73 bits per heavy atom. The van der Waals surface area contributed by atoms with Gasteiger partial charge in [0.1, 0.15) is 5.58 Å². The van der Waals surface area contributed by atoms with Crippen molar-refractivity contribution >= 4 is 81.3 Å². The smallest absolute Gasteiger partial charge is 0.159 e. The molecule has 0 spiro atoms. The summed E-state index contributed by atoms with van der Waals surface area (Å²) < 4.78 is 9.17. The van der Waals surface area contributed by atoms with E-state index in [1.165, 1.54) is 58.8 Å². The van der Waals surface area contributed by atoms with Crippen LogP contribution in [-0.4, -0.2) is 0 Å². The van der Waals surface area contributed by atoms with Crippen molar-refractivity contribution in [3.8, 4) is 33.4 Å². The second-order valence-electron chi connectivity index (χ2n) is 14.1. The minimum atomic E-state index is 0.878. The van der Waals surface area contributed by atoms with Crippen molar-refractivity contribution in [3.05, 3.63) is 200 Å². The molecule has 0 saturated carbocycles. The van der Waals surface area contributed by atoms with Gasteiger partial charge in [0, 0.05) is 42.3 Å². The Hall–Kier alpha value is -6.94. The average Bonchev–Trinajstić information content (AvgIpc) is 3.83. The Labute approximate surface area is 322 Å². The molecule has 2 nitrogen and oxygen atoms in total. The lowest BCUT2D eigenvalue weighted by molar-refractivity contribution is 0.669. The molecule has 0 amide bonds. The van der Waals surface area contributed by atoms with Gasteiger partial charge in [-0.1, -0.05) is 140 Å². The maximum Gasteiger partial charge on any atom is 0.159 e. The number of fused-ring (bicyclic) bond motifs is 7. The van der Waals surface area contributed by atoms with Crippen LogP contribution in [0.15, 0.2) is 205 Å². The van der Waals surface area contributed by atoms with Gasteiger partial charge in [-0.3, -0.25) is 0 Å². The number of furan rings is 1. The first-order valence-corrected chi connectivity index (χ1v) is 19.5. The van der Waals surface area contributed by atoms with Gasteiger partial charge in [0.05, 0.1) is 5.69 Å². The summed E-state index contributed by atoms with van der Waals surface area (Å²) in [7, 11) is 0. The minimum Gasteiger partial charge on any atom is -0.454 e. The van der Waals surface area contributed by atoms with Crippen molar-refractivity contribution in [1.29, 1.82) is 0 Å². The fourth-order valence-corrected chi connectivity index (χ4v) is 9.26. The molecule has 0 radical (unpaired) electrons. The van der Waals surface area contributed by atoms with E-state index >= 15 is 0 Å². The van der Waals surface area contributed by atoms with Crippen LogP contribution in [0.25, 0.3) is 86.3 Å². The fourth-order valence-electron chi connectivity index (χ4n) is 8.12. The molecule has 9 aromatic carbocycles. The molecule has 0 unspecified atom stereocenters. The zero-order valence-corrected chi connectivity index (χ0v) is 30.6. The molecular weight excluding hydrogens is 687 g/mol. The van der Waals surface area contributed by atoms with Crippen LogP contribution in [0.3, 0.4) is 0 Å². The number of rotatable bonds is 6. The Bertz CT molecular complexity index is 3220. The second-order valence-corrected chi connectivity index (χ2v) is 15.2. The molecule has 258 valence electrons. The molecule has 11 aromatic rings. The quantitative estimate of drug-likeness (QED) is 0.170. The molecule has 0 aliphatic carbocycles. The third-order valence-corrected chi connectivity index (χ3v) is 12.0. The molecule has 0 fully saturated rings. The van der Waals surface area contributed by atoms with Crippen LogP contribution in [0.1, 0.15) is 0 Å². The van der Waals surface area contributed by atoms with Gasteiger partial charge in [-0.2, -0.15) is 0 Å². The summed E-state index contributed by atoms with van der Waals surface area (Å²) in [6.07, 6.45) is 0. The summed E-state index contributed by atoms with van der Waals surface area (Å²) in [5.74, 6) is 0. The normalized spacial score (nSPS) is 11.6. The largest absolute Gasteiger partial charge is 0.454 e. The topological polar surface area (TPSA) is 16.4 Å². The van der Waals surface area contributed by atoms with E-state index in [1.54, 1.807) is 0 Å². The standard InChI is InChI=1S/C52H33NOS/c1-2-11-36-31-41(23-22-34(36)10-1)40-15-8-14-39(32-40)38-13-7-12-37(30-38)35-24-26-42(27-25-35)53(43-28-29-46-45-17-4-6-21-50(45)55-51(46)33-43)48-19-9-18-47-44-16-3-5-20-49(44)54-52(47)48/h1-33H. The summed E-state index contributed by atoms with van der Waals surface area (Å²) in [5.41, 5.74) is 12.1. The van der Waals surface area contributed by atoms with E-state index in [-0.39, 0.29) is 0 Å². The average molecular weight is 720 g/mol. The van der Waals surface area contributed by atoms with Gasteiger partial charge in [-0.05, 0) is 105 Å². The fraction of sp³-hybridized carbons (Fsp3) is 0. The van der Waals surface area contributed by atoms with Crippen molar-refractivity contribution in [2.45, 2.75) is 0 Å². The lowest BCUT2D eigenvalue weighted by atomic mass is 9.95. The summed E-state index contributed by atoms with van der Waals surface area (Å²) in [4.78, 5) is 2.34. The van der Waals surface area contributed by atoms with E-state index in [1.807, 2.05) is 17.4 Å². The zero-order valence-electron chi connectivity index (χ0n) is 29.8. The lowest BCUT2D eigenvalue weighted by Gasteiger charge is -2.26. The van der Waals surface area contributed by atoms with Crippen LogP contribution in [0.4, 0.5) is 17.1 Å². The summed E-state index contributed by atoms with van der Waals surface area (Å²) in [5, 5.41) is 7.32. The number of nitrogens with zero attached hydrogens (tertiary/aromatic N) is 1. The molecule has 0 atom stereocenters. The molecule has 3 heteroatoms. The third-order valence-electron chi connectivity index (χ3n) is 10.8. The van der Waals surface area contributed by atoms with E-state index in [0.717, 1.165) is 44.6 Å². The van der Waals surface area contributed by atoms with Crippen molar-refractivity contribution in [2.75, 3.05) is 4.90 Å². The molecule has 0 saturated heterocycles. The van der Waals surface area contributed by atoms with Gasteiger partial charge < -0.3 is 9.32 Å². The van der Waals surface area contributed by atoms with Crippen molar-refractivity contribution in [2.24, 2.45) is 0 Å². The minimum absolute atomic E-state index is 0.878. The second kappa shape index (κ2) is 12.9. The van der Waals surface area contributed by atoms with Crippen LogP contribution in [-0.2, 0) is 0 Å². The number of hydrogen-bond donors (Lipinski definition) is 0. The maximum absolute atomic E-state index is 6.61. The number of benzene rings is 9. The number of anilines is 3. The predicted molar refractivity (Wildman–Crippen MR) is 235 cm³/mol. The highest BCUT2D eigenvalue weighted by atomic mass is 32.1. The highest BCUT2D eigenvalue weighted by Gasteiger charge is 2.20. The van der Waals surface area contributed by atoms with E-state index in [4.69, 9.17) is 4.42 Å². The SMILES string of the molecule is c1cc(-c2ccc(N(c3ccc4c(c3)sc3ccccc34)c3cccc4c3oc3ccccc34)cc2)cc(-c2cccc(-c3ccc4ccccc4c3)c2)c1. The maximum atomic E-state index is 6.61. The molecule has 2 heterocycles. The Morgan fingerprint density at radius 2 is 0.927 bits per heavy atom. The first-order valence-electron chi connectivity index (χ1n) is 18.7. The predicted octanol–water partition coefficient (Wildman–Crippen LogP) is 15.6. The molecule has 0 N–H and O–H groups in total. The van der Waals surface area contributed by atoms with Crippen LogP contribution in [0.5, 0.6) is 0 Å². The van der Waals surface area contributed by atoms with E-state index < -0.39 is 0 Å². The van der Waals surface area contributed by atoms with Crippen LogP contribution in [0.2, 0.25) is 0 Å². The van der Waals surface area contributed by atoms with Crippen molar-refractivity contribution in [1.82, 2.24) is 0 Å². The lowest BCUT2D eigenvalue weighted by Crippen LogP contribution is -2.10. The van der Waals surface area contributed by atoms with Crippen molar-refractivity contribution in [3.63, 3.8) is 0 Å². The summed E-state index contributed by atoms with van der Waals surface area (Å²) in [6, 6.07) is 72.2. The zero-order chi connectivity index (χ0) is 36.3. The molecule has 11 rings (SSSR count). The van der Waals surface area contributed by atoms with Crippen LogP contribution >= 0.6 is 11.3 Å². The van der Waals surface area contributed by atoms with Gasteiger partial charge in [0.25, 0.3) is 0 Å². The van der Waals surface area contributed by atoms with Gasteiger partial charge in [0.15, 0.2) is 5.58 Å². The molecule has 2 aromatic heterocycles. The highest BCUT2D eigenvalue weighted by molar-refractivity contribution is 7.25. The highest BCUT2D eigenvalue weighted by Crippen LogP contribution is 2.45. The number of hydrogen-bond acceptors (Lipinski definition) is 3. The van der Waals surface area contributed by atoms with Crippen molar-refractivity contribution < 1.29 is 4.42 Å². The Kier molecular flexibility index (Phi) is 7.39. The first kappa shape index (κ1) is 31.6. The molecule has 0 aliphatic rings. The van der Waals surface area contributed by atoms with Gasteiger partial charge in [-0.25, -0.2) is 0 Å². The summed E-state index contributed by atoms with van der Waals surface area (Å²) >= 11 is 1.84. The molecule has 55 heavy (non-hydrogen) atoms. The summed E-state index contributed by atoms with van der Waals surface area (Å²) in [6.45, 7) is 0. The van der Waals surface area contributed by atoms with Gasteiger partial charge in [-0.15, -0.1) is 11.3 Å². The molecule has 0 aliphatic heterocycles. The van der Waals surface area contributed by atoms with E-state index in [9.17, 15) is 0 Å². The molecular formula is C52H33NOS. The monoisotopic (exact) mass is 719 g/mol. The first-order chi connectivity index (χ1) is 27.2. The number of para-hydroxylation sites is 2. The molecule has 0 bridgehead atoms. The van der Waals surface area contributed by atoms with Crippen LogP contribution < -0.4 is 4.90 Å². The Balaban J connectivity index is 0.988. The van der Waals surface area contributed by atoms with Gasteiger partial charge >= 0.3 is 0 Å².